The van der Waals surface area contributed by atoms with E-state index in [2.05, 4.69) is 0 Å². The van der Waals surface area contributed by atoms with E-state index in [0.29, 0.717) is 30.5 Å². The fraction of sp³-hybridized carbons (Fsp3) is 0.552. The number of carbonyl (C=O) groups excluding carboxylic acids is 1. The number of benzene rings is 2. The molecule has 2 aliphatic rings. The van der Waals surface area contributed by atoms with Crippen LogP contribution in [0.3, 0.4) is 0 Å². The highest BCUT2D eigenvalue weighted by molar-refractivity contribution is 5.80. The Hall–Kier alpha value is -2.03. The molecule has 2 saturated carbocycles. The van der Waals surface area contributed by atoms with E-state index in [1.807, 2.05) is 24.3 Å². The zero-order valence-corrected chi connectivity index (χ0v) is 19.1. The maximum atomic E-state index is 13.6. The van der Waals surface area contributed by atoms with Crippen LogP contribution in [0.1, 0.15) is 100 Å². The van der Waals surface area contributed by atoms with Crippen molar-refractivity contribution < 1.29 is 13.6 Å². The summed E-state index contributed by atoms with van der Waals surface area (Å²) in [5.74, 6) is 1.18. The van der Waals surface area contributed by atoms with E-state index in [1.165, 1.54) is 62.8 Å². The third-order valence-corrected chi connectivity index (χ3v) is 7.93. The lowest BCUT2D eigenvalue weighted by Crippen LogP contribution is -2.23. The Morgan fingerprint density at radius 3 is 1.31 bits per heavy atom. The Balaban J connectivity index is 1.52. The van der Waals surface area contributed by atoms with Crippen LogP contribution in [0.4, 0.5) is 8.78 Å². The van der Waals surface area contributed by atoms with Crippen LogP contribution in [0.25, 0.3) is 0 Å². The third kappa shape index (κ3) is 6.05. The van der Waals surface area contributed by atoms with Gasteiger partial charge < -0.3 is 0 Å². The van der Waals surface area contributed by atoms with E-state index in [0.717, 1.165) is 36.8 Å². The Kier molecular flexibility index (Phi) is 8.10. The van der Waals surface area contributed by atoms with Gasteiger partial charge in [-0.15, -0.1) is 0 Å². The van der Waals surface area contributed by atoms with Gasteiger partial charge in [0.2, 0.25) is 0 Å². The summed E-state index contributed by atoms with van der Waals surface area (Å²) in [5, 5.41) is 0. The third-order valence-electron chi connectivity index (χ3n) is 7.93. The van der Waals surface area contributed by atoms with Gasteiger partial charge in [-0.05, 0) is 84.7 Å². The molecule has 0 aromatic heterocycles. The molecule has 0 N–H and O–H groups in total. The number of Topliss-reactive ketones (excluding diaryl/α,β-unsaturated/α-hetero) is 1. The standard InChI is InChI=1S/C29H36F2O/c30-25-15-11-23(12-16-25)28(21-7-3-1-4-8-21)19-27(32)20-29(22-9-5-2-6-10-22)24-13-17-26(31)18-14-24/h11-18,21-22,28-29H,1-10,19-20H2/t28-,29-/m0/s1. The maximum absolute atomic E-state index is 13.6. The molecule has 0 unspecified atom stereocenters. The van der Waals surface area contributed by atoms with E-state index in [9.17, 15) is 13.6 Å². The first kappa shape index (κ1) is 23.1. The summed E-state index contributed by atoms with van der Waals surface area (Å²) in [6.07, 6.45) is 13.1. The Labute approximate surface area is 191 Å². The minimum atomic E-state index is -0.226. The molecule has 2 fully saturated rings. The summed E-state index contributed by atoms with van der Waals surface area (Å²) in [6.45, 7) is 0. The highest BCUT2D eigenvalue weighted by atomic mass is 19.1. The second-order valence-electron chi connectivity index (χ2n) is 10.1. The predicted octanol–water partition coefficient (Wildman–Crippen LogP) is 8.34. The first-order chi connectivity index (χ1) is 15.6. The van der Waals surface area contributed by atoms with Crippen LogP contribution < -0.4 is 0 Å². The molecule has 32 heavy (non-hydrogen) atoms. The lowest BCUT2D eigenvalue weighted by molar-refractivity contribution is -0.120. The van der Waals surface area contributed by atoms with Crippen molar-refractivity contribution in [2.24, 2.45) is 11.8 Å². The summed E-state index contributed by atoms with van der Waals surface area (Å²) < 4.78 is 27.1. The average Bonchev–Trinajstić information content (AvgIpc) is 2.83. The molecule has 4 rings (SSSR count). The van der Waals surface area contributed by atoms with E-state index in [1.54, 1.807) is 0 Å². The topological polar surface area (TPSA) is 17.1 Å². The molecular formula is C29H36F2O. The van der Waals surface area contributed by atoms with Crippen LogP contribution >= 0.6 is 0 Å². The summed E-state index contributed by atoms with van der Waals surface area (Å²) >= 11 is 0. The van der Waals surface area contributed by atoms with Gasteiger partial charge in [0.05, 0.1) is 0 Å². The van der Waals surface area contributed by atoms with Crippen molar-refractivity contribution in [3.63, 3.8) is 0 Å². The second-order valence-corrected chi connectivity index (χ2v) is 10.1. The molecule has 0 aliphatic heterocycles. The van der Waals surface area contributed by atoms with Gasteiger partial charge in [0.25, 0.3) is 0 Å². The lowest BCUT2D eigenvalue weighted by Gasteiger charge is -2.33. The van der Waals surface area contributed by atoms with Crippen molar-refractivity contribution in [1.29, 1.82) is 0 Å². The first-order valence-corrected chi connectivity index (χ1v) is 12.6. The predicted molar refractivity (Wildman–Crippen MR) is 126 cm³/mol. The number of carbonyl (C=O) groups is 1. The first-order valence-electron chi connectivity index (χ1n) is 12.6. The molecule has 0 saturated heterocycles. The highest BCUT2D eigenvalue weighted by Crippen LogP contribution is 2.42. The monoisotopic (exact) mass is 438 g/mol. The van der Waals surface area contributed by atoms with Crippen LogP contribution in [0, 0.1) is 23.5 Å². The molecule has 0 heterocycles. The summed E-state index contributed by atoms with van der Waals surface area (Å²) in [5.41, 5.74) is 2.20. The summed E-state index contributed by atoms with van der Waals surface area (Å²) in [4.78, 5) is 13.5. The molecule has 3 heteroatoms. The molecule has 1 nitrogen and oxygen atoms in total. The van der Waals surface area contributed by atoms with Crippen molar-refractivity contribution in [3.8, 4) is 0 Å². The highest BCUT2D eigenvalue weighted by Gasteiger charge is 2.31. The van der Waals surface area contributed by atoms with E-state index in [-0.39, 0.29) is 23.5 Å². The van der Waals surface area contributed by atoms with Crippen molar-refractivity contribution in [2.75, 3.05) is 0 Å². The Morgan fingerprint density at radius 2 is 0.969 bits per heavy atom. The van der Waals surface area contributed by atoms with Gasteiger partial charge in [-0.3, -0.25) is 4.79 Å². The Morgan fingerprint density at radius 1 is 0.625 bits per heavy atom. The van der Waals surface area contributed by atoms with Crippen LogP contribution in [-0.2, 0) is 4.79 Å². The van der Waals surface area contributed by atoms with Crippen molar-refractivity contribution in [2.45, 2.75) is 88.9 Å². The zero-order chi connectivity index (χ0) is 22.3. The van der Waals surface area contributed by atoms with Gasteiger partial charge in [0.15, 0.2) is 0 Å². The molecule has 172 valence electrons. The maximum Gasteiger partial charge on any atom is 0.134 e. The summed E-state index contributed by atoms with van der Waals surface area (Å²) in [7, 11) is 0. The van der Waals surface area contributed by atoms with Gasteiger partial charge in [-0.1, -0.05) is 62.8 Å². The fourth-order valence-corrected chi connectivity index (χ4v) is 6.18. The van der Waals surface area contributed by atoms with Crippen molar-refractivity contribution in [3.05, 3.63) is 71.3 Å². The average molecular weight is 439 g/mol. The minimum absolute atomic E-state index is 0.170. The number of hydrogen-bond acceptors (Lipinski definition) is 1. The van der Waals surface area contributed by atoms with Gasteiger partial charge in [-0.2, -0.15) is 0 Å². The van der Waals surface area contributed by atoms with Crippen LogP contribution in [0.5, 0.6) is 0 Å². The smallest absolute Gasteiger partial charge is 0.134 e. The minimum Gasteiger partial charge on any atom is -0.300 e. The van der Waals surface area contributed by atoms with Crippen molar-refractivity contribution in [1.82, 2.24) is 0 Å². The number of hydrogen-bond donors (Lipinski definition) is 0. The molecule has 2 aliphatic carbocycles. The van der Waals surface area contributed by atoms with Gasteiger partial charge in [0, 0.05) is 12.8 Å². The summed E-state index contributed by atoms with van der Waals surface area (Å²) in [6, 6.07) is 13.6. The molecular weight excluding hydrogens is 402 g/mol. The number of halogens is 2. The Bertz CT molecular complexity index is 774. The van der Waals surface area contributed by atoms with Gasteiger partial charge in [0.1, 0.15) is 17.4 Å². The van der Waals surface area contributed by atoms with Gasteiger partial charge in [-0.25, -0.2) is 8.78 Å². The van der Waals surface area contributed by atoms with E-state index < -0.39 is 0 Å². The molecule has 2 aromatic carbocycles. The molecule has 2 atom stereocenters. The molecule has 0 spiro atoms. The van der Waals surface area contributed by atoms with Crippen LogP contribution in [-0.4, -0.2) is 5.78 Å². The van der Waals surface area contributed by atoms with Crippen LogP contribution in [0.2, 0.25) is 0 Å². The fourth-order valence-electron chi connectivity index (χ4n) is 6.18. The lowest BCUT2D eigenvalue weighted by atomic mass is 9.71. The zero-order valence-electron chi connectivity index (χ0n) is 19.1. The number of rotatable bonds is 8. The SMILES string of the molecule is O=C(C[C@H](c1ccc(F)cc1)C1CCCCC1)C[C@H](c1ccc(F)cc1)C1CCCCC1. The second kappa shape index (κ2) is 11.2. The quantitative estimate of drug-likeness (QED) is 0.405. The molecule has 0 radical (unpaired) electrons. The normalized spacial score (nSPS) is 20.1. The van der Waals surface area contributed by atoms with Crippen LogP contribution in [0.15, 0.2) is 48.5 Å². The van der Waals surface area contributed by atoms with Crippen molar-refractivity contribution >= 4 is 5.78 Å². The molecule has 0 amide bonds. The molecule has 0 bridgehead atoms. The van der Waals surface area contributed by atoms with E-state index in [4.69, 9.17) is 0 Å². The van der Waals surface area contributed by atoms with E-state index >= 15 is 0 Å². The molecule has 2 aromatic rings. The number of ketones is 1. The van der Waals surface area contributed by atoms with Gasteiger partial charge >= 0.3 is 0 Å². The largest absolute Gasteiger partial charge is 0.300 e.